The molecular formula is C9H14N4O2. The summed E-state index contributed by atoms with van der Waals surface area (Å²) < 4.78 is 5.07. The summed E-state index contributed by atoms with van der Waals surface area (Å²) in [7, 11) is 1.68. The van der Waals surface area contributed by atoms with Gasteiger partial charge in [-0.05, 0) is 6.42 Å². The van der Waals surface area contributed by atoms with Gasteiger partial charge in [-0.1, -0.05) is 0 Å². The standard InChI is InChI=1S/C9H14N4O2/c1-15-6-7-2-3-13(5-7)9(14)8-4-10-12-11-8/h4,7H,2-3,5-6H2,1H3,(H,10,11,12). The van der Waals surface area contributed by atoms with Gasteiger partial charge in [-0.25, -0.2) is 0 Å². The van der Waals surface area contributed by atoms with Crippen molar-refractivity contribution in [2.24, 2.45) is 5.92 Å². The van der Waals surface area contributed by atoms with Gasteiger partial charge in [0.05, 0.1) is 12.8 Å². The molecule has 0 bridgehead atoms. The molecule has 1 aliphatic rings. The Hall–Kier alpha value is -1.43. The van der Waals surface area contributed by atoms with Gasteiger partial charge in [0.2, 0.25) is 0 Å². The van der Waals surface area contributed by atoms with Gasteiger partial charge in [-0.15, -0.1) is 0 Å². The number of carbonyl (C=O) groups is 1. The lowest BCUT2D eigenvalue weighted by Crippen LogP contribution is -2.29. The van der Waals surface area contributed by atoms with Crippen LogP contribution in [0.15, 0.2) is 6.20 Å². The Morgan fingerprint density at radius 1 is 1.80 bits per heavy atom. The normalized spacial score (nSPS) is 20.9. The first-order chi connectivity index (χ1) is 7.31. The van der Waals surface area contributed by atoms with Crippen LogP contribution in [0.5, 0.6) is 0 Å². The maximum atomic E-state index is 11.8. The molecule has 6 nitrogen and oxygen atoms in total. The quantitative estimate of drug-likeness (QED) is 0.757. The van der Waals surface area contributed by atoms with Crippen LogP contribution >= 0.6 is 0 Å². The Kier molecular flexibility index (Phi) is 2.96. The minimum Gasteiger partial charge on any atom is -0.384 e. The number of rotatable bonds is 3. The number of carbonyl (C=O) groups excluding carboxylic acids is 1. The summed E-state index contributed by atoms with van der Waals surface area (Å²) in [5, 5.41) is 9.83. The summed E-state index contributed by atoms with van der Waals surface area (Å²) in [6, 6.07) is 0. The number of likely N-dealkylation sites (tertiary alicyclic amines) is 1. The molecule has 0 aliphatic carbocycles. The van der Waals surface area contributed by atoms with Gasteiger partial charge >= 0.3 is 0 Å². The van der Waals surface area contributed by atoms with Crippen LogP contribution in [0.3, 0.4) is 0 Å². The molecule has 1 aromatic heterocycles. The number of aromatic nitrogens is 3. The van der Waals surface area contributed by atoms with E-state index in [1.165, 1.54) is 6.20 Å². The van der Waals surface area contributed by atoms with E-state index in [9.17, 15) is 4.79 Å². The highest BCUT2D eigenvalue weighted by molar-refractivity contribution is 5.92. The van der Waals surface area contributed by atoms with Gasteiger partial charge in [0.1, 0.15) is 0 Å². The predicted octanol–water partition coefficient (Wildman–Crippen LogP) is -0.0868. The van der Waals surface area contributed by atoms with Gasteiger partial charge in [0, 0.05) is 26.1 Å². The second kappa shape index (κ2) is 4.39. The van der Waals surface area contributed by atoms with Crippen molar-refractivity contribution in [2.75, 3.05) is 26.8 Å². The first-order valence-electron chi connectivity index (χ1n) is 4.95. The highest BCUT2D eigenvalue weighted by Gasteiger charge is 2.27. The summed E-state index contributed by atoms with van der Waals surface area (Å²) in [6.07, 6.45) is 2.45. The maximum absolute atomic E-state index is 11.8. The summed E-state index contributed by atoms with van der Waals surface area (Å²) in [6.45, 7) is 2.24. The van der Waals surface area contributed by atoms with Crippen molar-refractivity contribution in [3.63, 3.8) is 0 Å². The molecule has 82 valence electrons. The fourth-order valence-corrected chi connectivity index (χ4v) is 1.86. The lowest BCUT2D eigenvalue weighted by molar-refractivity contribution is 0.0769. The molecule has 1 N–H and O–H groups in total. The number of aromatic amines is 1. The molecule has 1 unspecified atom stereocenters. The van der Waals surface area contributed by atoms with E-state index in [-0.39, 0.29) is 5.91 Å². The van der Waals surface area contributed by atoms with Gasteiger partial charge in [0.15, 0.2) is 5.69 Å². The maximum Gasteiger partial charge on any atom is 0.276 e. The molecule has 1 aromatic rings. The number of ether oxygens (including phenoxy) is 1. The fourth-order valence-electron chi connectivity index (χ4n) is 1.86. The minimum absolute atomic E-state index is 0.0534. The van der Waals surface area contributed by atoms with E-state index in [2.05, 4.69) is 15.4 Å². The molecule has 1 aliphatic heterocycles. The van der Waals surface area contributed by atoms with Crippen molar-refractivity contribution in [1.29, 1.82) is 0 Å². The molecule has 0 saturated carbocycles. The van der Waals surface area contributed by atoms with Crippen LogP contribution < -0.4 is 0 Å². The van der Waals surface area contributed by atoms with Crippen molar-refractivity contribution in [3.05, 3.63) is 11.9 Å². The van der Waals surface area contributed by atoms with E-state index in [0.29, 0.717) is 18.2 Å². The number of amides is 1. The molecule has 6 heteroatoms. The van der Waals surface area contributed by atoms with Crippen molar-refractivity contribution in [2.45, 2.75) is 6.42 Å². The van der Waals surface area contributed by atoms with Crippen LogP contribution in [-0.2, 0) is 4.74 Å². The molecule has 2 rings (SSSR count). The van der Waals surface area contributed by atoms with Crippen molar-refractivity contribution in [3.8, 4) is 0 Å². The van der Waals surface area contributed by atoms with Crippen molar-refractivity contribution >= 4 is 5.91 Å². The number of hydrogen-bond acceptors (Lipinski definition) is 4. The molecule has 0 aromatic carbocycles. The highest BCUT2D eigenvalue weighted by Crippen LogP contribution is 2.17. The molecular weight excluding hydrogens is 196 g/mol. The second-order valence-corrected chi connectivity index (χ2v) is 3.72. The number of nitrogens with zero attached hydrogens (tertiary/aromatic N) is 3. The van der Waals surface area contributed by atoms with E-state index >= 15 is 0 Å². The number of H-pyrrole nitrogens is 1. The minimum atomic E-state index is -0.0534. The number of hydrogen-bond donors (Lipinski definition) is 1. The van der Waals surface area contributed by atoms with Crippen LogP contribution in [0.1, 0.15) is 16.9 Å². The van der Waals surface area contributed by atoms with E-state index in [1.54, 1.807) is 12.0 Å². The smallest absolute Gasteiger partial charge is 0.276 e. The molecule has 15 heavy (non-hydrogen) atoms. The van der Waals surface area contributed by atoms with Crippen LogP contribution in [0, 0.1) is 5.92 Å². The average molecular weight is 210 g/mol. The zero-order valence-electron chi connectivity index (χ0n) is 8.64. The lowest BCUT2D eigenvalue weighted by atomic mass is 10.1. The van der Waals surface area contributed by atoms with Gasteiger partial charge in [0.25, 0.3) is 5.91 Å². The van der Waals surface area contributed by atoms with Gasteiger partial charge in [-0.3, -0.25) is 4.79 Å². The molecule has 0 radical (unpaired) electrons. The number of methoxy groups -OCH3 is 1. The zero-order chi connectivity index (χ0) is 10.7. The monoisotopic (exact) mass is 210 g/mol. The van der Waals surface area contributed by atoms with Gasteiger partial charge < -0.3 is 9.64 Å². The van der Waals surface area contributed by atoms with Gasteiger partial charge in [-0.2, -0.15) is 15.4 Å². The van der Waals surface area contributed by atoms with E-state index in [0.717, 1.165) is 19.5 Å². The largest absolute Gasteiger partial charge is 0.384 e. The molecule has 0 spiro atoms. The van der Waals surface area contributed by atoms with E-state index in [4.69, 9.17) is 4.74 Å². The topological polar surface area (TPSA) is 71.1 Å². The lowest BCUT2D eigenvalue weighted by Gasteiger charge is -2.14. The summed E-state index contributed by atoms with van der Waals surface area (Å²) in [5.74, 6) is 0.396. The second-order valence-electron chi connectivity index (χ2n) is 3.72. The third-order valence-electron chi connectivity index (χ3n) is 2.61. The number of nitrogens with one attached hydrogen (secondary N) is 1. The van der Waals surface area contributed by atoms with E-state index < -0.39 is 0 Å². The Bertz CT molecular complexity index is 325. The van der Waals surface area contributed by atoms with Crippen LogP contribution in [-0.4, -0.2) is 53.0 Å². The fraction of sp³-hybridized carbons (Fsp3) is 0.667. The van der Waals surface area contributed by atoms with Crippen molar-refractivity contribution in [1.82, 2.24) is 20.3 Å². The predicted molar refractivity (Wildman–Crippen MR) is 52.3 cm³/mol. The third-order valence-corrected chi connectivity index (χ3v) is 2.61. The molecule has 1 atom stereocenters. The average Bonchev–Trinajstić information content (AvgIpc) is 2.87. The summed E-state index contributed by atoms with van der Waals surface area (Å²) >= 11 is 0. The molecule has 1 fully saturated rings. The van der Waals surface area contributed by atoms with Crippen molar-refractivity contribution < 1.29 is 9.53 Å². The zero-order valence-corrected chi connectivity index (χ0v) is 8.64. The summed E-state index contributed by atoms with van der Waals surface area (Å²) in [5.41, 5.74) is 0.382. The van der Waals surface area contributed by atoms with Crippen LogP contribution in [0.25, 0.3) is 0 Å². The molecule has 1 saturated heterocycles. The Labute approximate surface area is 87.6 Å². The first kappa shape index (κ1) is 10.1. The summed E-state index contributed by atoms with van der Waals surface area (Å²) in [4.78, 5) is 13.6. The Balaban J connectivity index is 1.93. The molecule has 2 heterocycles. The Morgan fingerprint density at radius 2 is 2.67 bits per heavy atom. The Morgan fingerprint density at radius 3 is 3.33 bits per heavy atom. The molecule has 1 amide bonds. The SMILES string of the molecule is COCC1CCN(C(=O)c2cn[nH]n2)C1. The highest BCUT2D eigenvalue weighted by atomic mass is 16.5. The van der Waals surface area contributed by atoms with E-state index in [1.807, 2.05) is 0 Å². The third kappa shape index (κ3) is 2.15. The first-order valence-corrected chi connectivity index (χ1v) is 4.95. The van der Waals surface area contributed by atoms with Crippen LogP contribution in [0.4, 0.5) is 0 Å². The van der Waals surface area contributed by atoms with Crippen LogP contribution in [0.2, 0.25) is 0 Å².